The Kier molecular flexibility index (Phi) is 4.11. The molecule has 0 saturated heterocycles. The Morgan fingerprint density at radius 2 is 2.27 bits per heavy atom. The number of carboxylic acids is 1. The molecule has 0 aliphatic carbocycles. The maximum Gasteiger partial charge on any atom is 0.304 e. The van der Waals surface area contributed by atoms with Crippen LogP contribution < -0.4 is 5.32 Å². The Labute approximate surface area is 95.9 Å². The lowest BCUT2D eigenvalue weighted by atomic mass is 10.1. The molecule has 82 valence electrons. The first-order valence-electron chi connectivity index (χ1n) is 4.27. The molecule has 2 N–H and O–H groups in total. The summed E-state index contributed by atoms with van der Waals surface area (Å²) < 4.78 is 0.580. The van der Waals surface area contributed by atoms with Crippen LogP contribution in [0, 0.1) is 5.92 Å². The van der Waals surface area contributed by atoms with Gasteiger partial charge in [-0.25, -0.2) is 0 Å². The van der Waals surface area contributed by atoms with E-state index in [0.717, 1.165) is 0 Å². The smallest absolute Gasteiger partial charge is 0.304 e. The number of amides is 1. The number of nitrogens with one attached hydrogen (secondary N) is 1. The van der Waals surface area contributed by atoms with Gasteiger partial charge in [-0.2, -0.15) is 0 Å². The number of halogens is 1. The summed E-state index contributed by atoms with van der Waals surface area (Å²) in [5, 5.41) is 11.7. The Morgan fingerprint density at radius 3 is 2.73 bits per heavy atom. The van der Waals surface area contributed by atoms with Gasteiger partial charge in [0.25, 0.3) is 0 Å². The van der Waals surface area contributed by atoms with Crippen molar-refractivity contribution in [2.24, 2.45) is 5.92 Å². The quantitative estimate of drug-likeness (QED) is 0.859. The standard InChI is InChI=1S/C9H10ClNO3S/c1-5(4-8(12)13)9(14)11-7-3-2-6(10)15-7/h2-3,5H,4H2,1H3,(H,11,14)(H,12,13). The Hall–Kier alpha value is -1.07. The normalized spacial score (nSPS) is 12.1. The van der Waals surface area contributed by atoms with Crippen LogP contribution in [0.5, 0.6) is 0 Å². The van der Waals surface area contributed by atoms with Gasteiger partial charge in [-0.3, -0.25) is 9.59 Å². The van der Waals surface area contributed by atoms with Gasteiger partial charge in [-0.1, -0.05) is 18.5 Å². The molecular weight excluding hydrogens is 238 g/mol. The number of carbonyl (C=O) groups excluding carboxylic acids is 1. The molecule has 1 aromatic heterocycles. The summed E-state index contributed by atoms with van der Waals surface area (Å²) in [5.41, 5.74) is 0. The van der Waals surface area contributed by atoms with E-state index in [-0.39, 0.29) is 12.3 Å². The lowest BCUT2D eigenvalue weighted by Gasteiger charge is -2.07. The summed E-state index contributed by atoms with van der Waals surface area (Å²) in [5.74, 6) is -1.85. The minimum atomic E-state index is -0.984. The minimum absolute atomic E-state index is 0.176. The molecule has 0 fully saturated rings. The van der Waals surface area contributed by atoms with Crippen LogP contribution in [0.2, 0.25) is 4.34 Å². The fourth-order valence-corrected chi connectivity index (χ4v) is 1.93. The van der Waals surface area contributed by atoms with Crippen molar-refractivity contribution in [2.75, 3.05) is 5.32 Å². The molecule has 0 radical (unpaired) electrons. The van der Waals surface area contributed by atoms with Gasteiger partial charge in [-0.15, -0.1) is 11.3 Å². The second-order valence-corrected chi connectivity index (χ2v) is 4.81. The molecule has 0 aromatic carbocycles. The first kappa shape index (κ1) is 12.0. The monoisotopic (exact) mass is 247 g/mol. The lowest BCUT2D eigenvalue weighted by Crippen LogP contribution is -2.22. The summed E-state index contributed by atoms with van der Waals surface area (Å²) in [7, 11) is 0. The van der Waals surface area contributed by atoms with E-state index in [4.69, 9.17) is 16.7 Å². The molecule has 1 unspecified atom stereocenters. The summed E-state index contributed by atoms with van der Waals surface area (Å²) in [6.07, 6.45) is -0.176. The molecule has 15 heavy (non-hydrogen) atoms. The van der Waals surface area contributed by atoms with Crippen LogP contribution in [0.25, 0.3) is 0 Å². The van der Waals surface area contributed by atoms with Gasteiger partial charge in [-0.05, 0) is 12.1 Å². The van der Waals surface area contributed by atoms with Crippen LogP contribution in [0.15, 0.2) is 12.1 Å². The molecule has 0 aliphatic heterocycles. The van der Waals surface area contributed by atoms with Gasteiger partial charge >= 0.3 is 5.97 Å². The van der Waals surface area contributed by atoms with Crippen LogP contribution in [-0.4, -0.2) is 17.0 Å². The second kappa shape index (κ2) is 5.14. The van der Waals surface area contributed by atoms with Gasteiger partial charge < -0.3 is 10.4 Å². The number of carbonyl (C=O) groups is 2. The van der Waals surface area contributed by atoms with Crippen molar-refractivity contribution in [2.45, 2.75) is 13.3 Å². The zero-order valence-corrected chi connectivity index (χ0v) is 9.56. The second-order valence-electron chi connectivity index (χ2n) is 3.09. The van der Waals surface area contributed by atoms with Gasteiger partial charge in [0, 0.05) is 5.92 Å². The predicted octanol–water partition coefficient (Wildman–Crippen LogP) is 2.45. The zero-order valence-electron chi connectivity index (χ0n) is 7.99. The third-order valence-corrected chi connectivity index (χ3v) is 2.89. The van der Waals surface area contributed by atoms with Crippen molar-refractivity contribution >= 4 is 39.8 Å². The summed E-state index contributed by atoms with van der Waals surface area (Å²) in [6, 6.07) is 3.35. The van der Waals surface area contributed by atoms with Crippen LogP contribution in [0.1, 0.15) is 13.3 Å². The SMILES string of the molecule is CC(CC(=O)O)C(=O)Nc1ccc(Cl)s1. The summed E-state index contributed by atoms with van der Waals surface area (Å²) in [4.78, 5) is 21.8. The number of hydrogen-bond acceptors (Lipinski definition) is 3. The molecule has 1 aromatic rings. The fourth-order valence-electron chi connectivity index (χ4n) is 0.981. The van der Waals surface area contributed by atoms with E-state index in [1.165, 1.54) is 11.3 Å². The molecule has 1 rings (SSSR count). The number of carboxylic acid groups (broad SMARTS) is 1. The average molecular weight is 248 g/mol. The van der Waals surface area contributed by atoms with E-state index in [2.05, 4.69) is 5.32 Å². The molecule has 4 nitrogen and oxygen atoms in total. The third-order valence-electron chi connectivity index (χ3n) is 1.75. The van der Waals surface area contributed by atoms with Crippen LogP contribution in [0.4, 0.5) is 5.00 Å². The van der Waals surface area contributed by atoms with Crippen molar-refractivity contribution in [1.29, 1.82) is 0 Å². The van der Waals surface area contributed by atoms with Gasteiger partial charge in [0.15, 0.2) is 0 Å². The maximum absolute atomic E-state index is 11.4. The highest BCUT2D eigenvalue weighted by Crippen LogP contribution is 2.26. The van der Waals surface area contributed by atoms with E-state index in [1.807, 2.05) is 0 Å². The van der Waals surface area contributed by atoms with Crippen LogP contribution in [0.3, 0.4) is 0 Å². The lowest BCUT2D eigenvalue weighted by molar-refractivity contribution is -0.139. The predicted molar refractivity (Wildman–Crippen MR) is 59.4 cm³/mol. The van der Waals surface area contributed by atoms with E-state index in [0.29, 0.717) is 9.34 Å². The van der Waals surface area contributed by atoms with Gasteiger partial charge in [0.1, 0.15) is 0 Å². The van der Waals surface area contributed by atoms with E-state index in [1.54, 1.807) is 19.1 Å². The molecule has 1 heterocycles. The highest BCUT2D eigenvalue weighted by Gasteiger charge is 2.16. The molecule has 0 saturated carbocycles. The fraction of sp³-hybridized carbons (Fsp3) is 0.333. The largest absolute Gasteiger partial charge is 0.481 e. The molecule has 1 amide bonds. The Balaban J connectivity index is 2.52. The topological polar surface area (TPSA) is 66.4 Å². The van der Waals surface area contributed by atoms with Crippen molar-refractivity contribution in [3.05, 3.63) is 16.5 Å². The number of rotatable bonds is 4. The zero-order chi connectivity index (χ0) is 11.4. The highest BCUT2D eigenvalue weighted by atomic mass is 35.5. The molecule has 1 atom stereocenters. The van der Waals surface area contributed by atoms with Gasteiger partial charge in [0.05, 0.1) is 15.8 Å². The van der Waals surface area contributed by atoms with Crippen molar-refractivity contribution in [3.8, 4) is 0 Å². The number of aliphatic carboxylic acids is 1. The highest BCUT2D eigenvalue weighted by molar-refractivity contribution is 7.20. The number of thiophene rings is 1. The van der Waals surface area contributed by atoms with Crippen LogP contribution in [-0.2, 0) is 9.59 Å². The third kappa shape index (κ3) is 3.89. The maximum atomic E-state index is 11.4. The number of hydrogen-bond donors (Lipinski definition) is 2. The molecule has 0 aliphatic rings. The van der Waals surface area contributed by atoms with Crippen molar-refractivity contribution in [3.63, 3.8) is 0 Å². The van der Waals surface area contributed by atoms with Crippen molar-refractivity contribution < 1.29 is 14.7 Å². The first-order valence-corrected chi connectivity index (χ1v) is 5.46. The van der Waals surface area contributed by atoms with Crippen molar-refractivity contribution in [1.82, 2.24) is 0 Å². The Bertz CT molecular complexity index is 377. The van der Waals surface area contributed by atoms with E-state index < -0.39 is 11.9 Å². The first-order chi connectivity index (χ1) is 6.99. The molecule has 0 spiro atoms. The average Bonchev–Trinajstić information content (AvgIpc) is 2.50. The van der Waals surface area contributed by atoms with Crippen LogP contribution >= 0.6 is 22.9 Å². The molecular formula is C9H10ClNO3S. The van der Waals surface area contributed by atoms with E-state index >= 15 is 0 Å². The van der Waals surface area contributed by atoms with E-state index in [9.17, 15) is 9.59 Å². The number of anilines is 1. The Morgan fingerprint density at radius 1 is 1.60 bits per heavy atom. The molecule has 6 heteroatoms. The summed E-state index contributed by atoms with van der Waals surface area (Å²) >= 11 is 6.92. The van der Waals surface area contributed by atoms with Gasteiger partial charge in [0.2, 0.25) is 5.91 Å². The minimum Gasteiger partial charge on any atom is -0.481 e. The molecule has 0 bridgehead atoms. The summed E-state index contributed by atoms with van der Waals surface area (Å²) in [6.45, 7) is 1.57.